The van der Waals surface area contributed by atoms with Crippen LogP contribution in [-0.4, -0.2) is 18.4 Å². The molecule has 0 radical (unpaired) electrons. The molecule has 1 N–H and O–H groups in total. The SMILES string of the molecule is CCc1ccc(NC(=O)C2CC(=O)N(c3c(F)cccc3F)C2)cc1. The van der Waals surface area contributed by atoms with Crippen molar-refractivity contribution in [2.75, 3.05) is 16.8 Å². The fraction of sp³-hybridized carbons (Fsp3) is 0.263. The Morgan fingerprint density at radius 3 is 2.40 bits per heavy atom. The van der Waals surface area contributed by atoms with Crippen LogP contribution in [0.15, 0.2) is 42.5 Å². The monoisotopic (exact) mass is 344 g/mol. The Morgan fingerprint density at radius 2 is 1.80 bits per heavy atom. The van der Waals surface area contributed by atoms with Gasteiger partial charge in [-0.2, -0.15) is 0 Å². The molecule has 0 saturated carbocycles. The molecule has 130 valence electrons. The molecule has 3 rings (SSSR count). The summed E-state index contributed by atoms with van der Waals surface area (Å²) in [6.45, 7) is 1.99. The number of nitrogens with zero attached hydrogens (tertiary/aromatic N) is 1. The zero-order chi connectivity index (χ0) is 18.0. The van der Waals surface area contributed by atoms with Crippen LogP contribution in [0.4, 0.5) is 20.2 Å². The molecule has 1 aliphatic heterocycles. The predicted octanol–water partition coefficient (Wildman–Crippen LogP) is 3.52. The van der Waals surface area contributed by atoms with Crippen molar-refractivity contribution in [1.29, 1.82) is 0 Å². The maximum Gasteiger partial charge on any atom is 0.229 e. The molecule has 1 unspecified atom stereocenters. The fourth-order valence-corrected chi connectivity index (χ4v) is 2.91. The Morgan fingerprint density at radius 1 is 1.16 bits per heavy atom. The Hall–Kier alpha value is -2.76. The molecule has 0 aromatic heterocycles. The third kappa shape index (κ3) is 3.52. The van der Waals surface area contributed by atoms with E-state index in [2.05, 4.69) is 5.32 Å². The Balaban J connectivity index is 1.72. The van der Waals surface area contributed by atoms with Gasteiger partial charge < -0.3 is 10.2 Å². The second kappa shape index (κ2) is 7.01. The first-order chi connectivity index (χ1) is 12.0. The number of hydrogen-bond acceptors (Lipinski definition) is 2. The molecule has 25 heavy (non-hydrogen) atoms. The lowest BCUT2D eigenvalue weighted by Crippen LogP contribution is -2.29. The van der Waals surface area contributed by atoms with E-state index in [1.54, 1.807) is 12.1 Å². The van der Waals surface area contributed by atoms with Crippen molar-refractivity contribution < 1.29 is 18.4 Å². The molecule has 1 heterocycles. The lowest BCUT2D eigenvalue weighted by atomic mass is 10.1. The average molecular weight is 344 g/mol. The summed E-state index contributed by atoms with van der Waals surface area (Å²) in [5, 5.41) is 2.75. The van der Waals surface area contributed by atoms with Gasteiger partial charge in [-0.25, -0.2) is 8.78 Å². The van der Waals surface area contributed by atoms with Gasteiger partial charge in [-0.15, -0.1) is 0 Å². The van der Waals surface area contributed by atoms with E-state index in [0.29, 0.717) is 5.69 Å². The highest BCUT2D eigenvalue weighted by atomic mass is 19.1. The predicted molar refractivity (Wildman–Crippen MR) is 91.3 cm³/mol. The number of hydrogen-bond donors (Lipinski definition) is 1. The summed E-state index contributed by atoms with van der Waals surface area (Å²) in [5.41, 5.74) is 1.38. The fourth-order valence-electron chi connectivity index (χ4n) is 2.91. The highest BCUT2D eigenvalue weighted by molar-refractivity contribution is 6.03. The van der Waals surface area contributed by atoms with E-state index in [1.165, 1.54) is 6.07 Å². The smallest absolute Gasteiger partial charge is 0.229 e. The highest BCUT2D eigenvalue weighted by Crippen LogP contribution is 2.30. The topological polar surface area (TPSA) is 49.4 Å². The van der Waals surface area contributed by atoms with Gasteiger partial charge in [0.1, 0.15) is 17.3 Å². The third-order valence-electron chi connectivity index (χ3n) is 4.33. The second-order valence-electron chi connectivity index (χ2n) is 6.02. The van der Waals surface area contributed by atoms with Gasteiger partial charge >= 0.3 is 0 Å². The van der Waals surface area contributed by atoms with Crippen LogP contribution < -0.4 is 10.2 Å². The molecule has 1 saturated heterocycles. The minimum Gasteiger partial charge on any atom is -0.326 e. The lowest BCUT2D eigenvalue weighted by Gasteiger charge is -2.18. The van der Waals surface area contributed by atoms with Gasteiger partial charge in [0, 0.05) is 18.7 Å². The van der Waals surface area contributed by atoms with Gasteiger partial charge in [0.05, 0.1) is 5.92 Å². The van der Waals surface area contributed by atoms with E-state index < -0.39 is 29.1 Å². The zero-order valence-electron chi connectivity index (χ0n) is 13.8. The number of aryl methyl sites for hydroxylation is 1. The molecule has 0 bridgehead atoms. The van der Waals surface area contributed by atoms with E-state index in [-0.39, 0.29) is 18.9 Å². The third-order valence-corrected chi connectivity index (χ3v) is 4.33. The maximum absolute atomic E-state index is 13.9. The van der Waals surface area contributed by atoms with Crippen LogP contribution in [0.2, 0.25) is 0 Å². The maximum atomic E-state index is 13.9. The Kier molecular flexibility index (Phi) is 4.79. The molecular weight excluding hydrogens is 326 g/mol. The number of halogens is 2. The molecule has 2 amide bonds. The van der Waals surface area contributed by atoms with Gasteiger partial charge in [0.2, 0.25) is 11.8 Å². The molecular formula is C19H18F2N2O2. The molecule has 6 heteroatoms. The largest absolute Gasteiger partial charge is 0.326 e. The summed E-state index contributed by atoms with van der Waals surface area (Å²) in [6.07, 6.45) is 0.821. The number of rotatable bonds is 4. The molecule has 1 aliphatic rings. The van der Waals surface area contributed by atoms with Gasteiger partial charge in [0.25, 0.3) is 0 Å². The quantitative estimate of drug-likeness (QED) is 0.923. The van der Waals surface area contributed by atoms with Gasteiger partial charge in [0.15, 0.2) is 0 Å². The summed E-state index contributed by atoms with van der Waals surface area (Å²) in [4.78, 5) is 25.5. The van der Waals surface area contributed by atoms with E-state index >= 15 is 0 Å². The van der Waals surface area contributed by atoms with Gasteiger partial charge in [-0.1, -0.05) is 25.1 Å². The molecule has 4 nitrogen and oxygen atoms in total. The summed E-state index contributed by atoms with van der Waals surface area (Å²) >= 11 is 0. The number of amides is 2. The van der Waals surface area contributed by atoms with E-state index in [1.807, 2.05) is 19.1 Å². The average Bonchev–Trinajstić information content (AvgIpc) is 2.97. The number of nitrogens with one attached hydrogen (secondary N) is 1. The number of carbonyl (C=O) groups excluding carboxylic acids is 2. The molecule has 1 fully saturated rings. The Labute approximate surface area is 144 Å². The Bertz CT molecular complexity index is 785. The van der Waals surface area contributed by atoms with Gasteiger partial charge in [-0.05, 0) is 36.2 Å². The van der Waals surface area contributed by atoms with Crippen LogP contribution in [0, 0.1) is 17.6 Å². The second-order valence-corrected chi connectivity index (χ2v) is 6.02. The van der Waals surface area contributed by atoms with Crippen molar-refractivity contribution in [2.24, 2.45) is 5.92 Å². The van der Waals surface area contributed by atoms with E-state index in [0.717, 1.165) is 29.0 Å². The van der Waals surface area contributed by atoms with E-state index in [9.17, 15) is 18.4 Å². The summed E-state index contributed by atoms with van der Waals surface area (Å²) in [5.74, 6) is -3.09. The molecule has 2 aromatic carbocycles. The minimum atomic E-state index is -0.815. The molecule has 0 spiro atoms. The first-order valence-corrected chi connectivity index (χ1v) is 8.13. The van der Waals surface area contributed by atoms with Crippen molar-refractivity contribution in [3.8, 4) is 0 Å². The highest BCUT2D eigenvalue weighted by Gasteiger charge is 2.37. The molecule has 0 aliphatic carbocycles. The van der Waals surface area contributed by atoms with Crippen molar-refractivity contribution >= 4 is 23.2 Å². The number of benzene rings is 2. The van der Waals surface area contributed by atoms with Crippen molar-refractivity contribution in [2.45, 2.75) is 19.8 Å². The number of para-hydroxylation sites is 1. The number of carbonyl (C=O) groups is 2. The van der Waals surface area contributed by atoms with Crippen LogP contribution in [-0.2, 0) is 16.0 Å². The normalized spacial score (nSPS) is 17.0. The zero-order valence-corrected chi connectivity index (χ0v) is 13.8. The summed E-state index contributed by atoms with van der Waals surface area (Å²) in [6, 6.07) is 10.8. The molecule has 1 atom stereocenters. The van der Waals surface area contributed by atoms with Gasteiger partial charge in [-0.3, -0.25) is 9.59 Å². The number of anilines is 2. The first kappa shape index (κ1) is 17.1. The van der Waals surface area contributed by atoms with Crippen molar-refractivity contribution in [1.82, 2.24) is 0 Å². The minimum absolute atomic E-state index is 0.0461. The van der Waals surface area contributed by atoms with Crippen LogP contribution in [0.3, 0.4) is 0 Å². The van der Waals surface area contributed by atoms with Crippen LogP contribution in [0.1, 0.15) is 18.9 Å². The molecule has 2 aromatic rings. The summed E-state index contributed by atoms with van der Waals surface area (Å²) < 4.78 is 27.8. The van der Waals surface area contributed by atoms with Crippen LogP contribution in [0.5, 0.6) is 0 Å². The van der Waals surface area contributed by atoms with Crippen LogP contribution >= 0.6 is 0 Å². The first-order valence-electron chi connectivity index (χ1n) is 8.13. The van der Waals surface area contributed by atoms with Crippen molar-refractivity contribution in [3.63, 3.8) is 0 Å². The lowest BCUT2D eigenvalue weighted by molar-refractivity contribution is -0.122. The van der Waals surface area contributed by atoms with Crippen LogP contribution in [0.25, 0.3) is 0 Å². The van der Waals surface area contributed by atoms with Crippen molar-refractivity contribution in [3.05, 3.63) is 59.7 Å². The van der Waals surface area contributed by atoms with E-state index in [4.69, 9.17) is 0 Å². The summed E-state index contributed by atoms with van der Waals surface area (Å²) in [7, 11) is 0. The standard InChI is InChI=1S/C19H18F2N2O2/c1-2-12-6-8-14(9-7-12)22-19(25)13-10-17(24)23(11-13)18-15(20)4-3-5-16(18)21/h3-9,13H,2,10-11H2,1H3,(H,22,25).